The summed E-state index contributed by atoms with van der Waals surface area (Å²) >= 11 is 1.49. The van der Waals surface area contributed by atoms with E-state index in [9.17, 15) is 9.59 Å². The van der Waals surface area contributed by atoms with E-state index in [2.05, 4.69) is 15.5 Å². The van der Waals surface area contributed by atoms with Gasteiger partial charge in [0.15, 0.2) is 11.5 Å². The predicted molar refractivity (Wildman–Crippen MR) is 113 cm³/mol. The van der Waals surface area contributed by atoms with Gasteiger partial charge in [0.1, 0.15) is 11.4 Å². The SMILES string of the molecule is CCOc1ccc(/C=N\NC(=O)Cn2cnc3sc(CC)cc3c2=O)cc1OC. The number of carbonyl (C=O) groups excluding carboxylic acids is 1. The third-order valence-corrected chi connectivity index (χ3v) is 5.31. The molecule has 2 aromatic heterocycles. The molecule has 0 aliphatic rings. The Kier molecular flexibility index (Phi) is 6.61. The van der Waals surface area contributed by atoms with Gasteiger partial charge in [0.2, 0.25) is 0 Å². The number of aromatic nitrogens is 2. The van der Waals surface area contributed by atoms with Gasteiger partial charge in [-0.15, -0.1) is 11.3 Å². The fourth-order valence-electron chi connectivity index (χ4n) is 2.70. The Morgan fingerprint density at radius 2 is 2.14 bits per heavy atom. The van der Waals surface area contributed by atoms with Crippen molar-refractivity contribution in [1.29, 1.82) is 0 Å². The van der Waals surface area contributed by atoms with E-state index >= 15 is 0 Å². The summed E-state index contributed by atoms with van der Waals surface area (Å²) < 4.78 is 12.0. The summed E-state index contributed by atoms with van der Waals surface area (Å²) in [5, 5.41) is 4.48. The molecule has 8 nitrogen and oxygen atoms in total. The topological polar surface area (TPSA) is 94.8 Å². The molecule has 0 bridgehead atoms. The minimum absolute atomic E-state index is 0.164. The molecule has 0 spiro atoms. The molecule has 0 saturated heterocycles. The summed E-state index contributed by atoms with van der Waals surface area (Å²) in [5.41, 5.74) is 2.92. The zero-order chi connectivity index (χ0) is 20.8. The monoisotopic (exact) mass is 414 g/mol. The number of thiophene rings is 1. The van der Waals surface area contributed by atoms with Crippen molar-refractivity contribution in [3.05, 3.63) is 51.4 Å². The van der Waals surface area contributed by atoms with Crippen molar-refractivity contribution < 1.29 is 14.3 Å². The van der Waals surface area contributed by atoms with Gasteiger partial charge in [-0.25, -0.2) is 10.4 Å². The van der Waals surface area contributed by atoms with Crippen LogP contribution in [0.4, 0.5) is 0 Å². The standard InChI is InChI=1S/C20H22N4O4S/c1-4-14-9-15-19(29-14)21-12-24(20(15)26)11-18(25)23-22-10-13-6-7-16(28-5-2)17(8-13)27-3/h6-10,12H,4-5,11H2,1-3H3,(H,23,25)/b22-10-. The number of amides is 1. The van der Waals surface area contributed by atoms with Gasteiger partial charge in [-0.1, -0.05) is 6.92 Å². The van der Waals surface area contributed by atoms with Gasteiger partial charge in [0.25, 0.3) is 11.5 Å². The number of hydrazone groups is 1. The fraction of sp³-hybridized carbons (Fsp3) is 0.300. The van der Waals surface area contributed by atoms with Gasteiger partial charge in [0.05, 0.1) is 31.6 Å². The number of nitrogens with zero attached hydrogens (tertiary/aromatic N) is 3. The minimum atomic E-state index is -0.423. The lowest BCUT2D eigenvalue weighted by atomic mass is 10.2. The second kappa shape index (κ2) is 9.33. The molecule has 0 radical (unpaired) electrons. The number of nitrogens with one attached hydrogen (secondary N) is 1. The zero-order valence-electron chi connectivity index (χ0n) is 16.5. The first-order valence-electron chi connectivity index (χ1n) is 9.16. The second-order valence-electron chi connectivity index (χ2n) is 6.10. The minimum Gasteiger partial charge on any atom is -0.493 e. The summed E-state index contributed by atoms with van der Waals surface area (Å²) in [7, 11) is 1.56. The van der Waals surface area contributed by atoms with E-state index in [0.29, 0.717) is 28.3 Å². The van der Waals surface area contributed by atoms with Crippen LogP contribution >= 0.6 is 11.3 Å². The molecule has 9 heteroatoms. The van der Waals surface area contributed by atoms with Gasteiger partial charge >= 0.3 is 0 Å². The smallest absolute Gasteiger partial charge is 0.262 e. The van der Waals surface area contributed by atoms with Crippen molar-refractivity contribution in [2.45, 2.75) is 26.8 Å². The maximum absolute atomic E-state index is 12.5. The molecular formula is C20H22N4O4S. The van der Waals surface area contributed by atoms with Gasteiger partial charge in [-0.3, -0.25) is 14.2 Å². The molecule has 3 aromatic rings. The molecule has 29 heavy (non-hydrogen) atoms. The van der Waals surface area contributed by atoms with Crippen LogP contribution in [0.15, 0.2) is 40.5 Å². The van der Waals surface area contributed by atoms with Crippen LogP contribution in [-0.4, -0.2) is 35.4 Å². The number of ether oxygens (including phenoxy) is 2. The van der Waals surface area contributed by atoms with Crippen LogP contribution in [0.1, 0.15) is 24.3 Å². The first-order chi connectivity index (χ1) is 14.0. The largest absolute Gasteiger partial charge is 0.493 e. The van der Waals surface area contributed by atoms with Gasteiger partial charge < -0.3 is 9.47 Å². The highest BCUT2D eigenvalue weighted by Gasteiger charge is 2.10. The fourth-order valence-corrected chi connectivity index (χ4v) is 3.63. The molecule has 0 aliphatic heterocycles. The Morgan fingerprint density at radius 1 is 1.31 bits per heavy atom. The number of hydrogen-bond acceptors (Lipinski definition) is 7. The Bertz CT molecular complexity index is 1100. The molecule has 0 saturated carbocycles. The van der Waals surface area contributed by atoms with Crippen LogP contribution in [0.3, 0.4) is 0 Å². The highest BCUT2D eigenvalue weighted by Crippen LogP contribution is 2.27. The van der Waals surface area contributed by atoms with Gasteiger partial charge in [-0.2, -0.15) is 5.10 Å². The zero-order valence-corrected chi connectivity index (χ0v) is 17.3. The Balaban J connectivity index is 1.66. The summed E-state index contributed by atoms with van der Waals surface area (Å²) in [5.74, 6) is 0.793. The number of hydrogen-bond donors (Lipinski definition) is 1. The Morgan fingerprint density at radius 3 is 2.86 bits per heavy atom. The van der Waals surface area contributed by atoms with E-state index in [1.165, 1.54) is 28.4 Å². The lowest BCUT2D eigenvalue weighted by molar-refractivity contribution is -0.121. The third kappa shape index (κ3) is 4.80. The van der Waals surface area contributed by atoms with Crippen molar-refractivity contribution in [3.63, 3.8) is 0 Å². The van der Waals surface area contributed by atoms with E-state index in [1.54, 1.807) is 25.3 Å². The molecule has 0 unspecified atom stereocenters. The van der Waals surface area contributed by atoms with E-state index in [0.717, 1.165) is 16.9 Å². The van der Waals surface area contributed by atoms with E-state index in [-0.39, 0.29) is 12.1 Å². The van der Waals surface area contributed by atoms with Crippen LogP contribution in [0.25, 0.3) is 10.2 Å². The van der Waals surface area contributed by atoms with Crippen LogP contribution < -0.4 is 20.5 Å². The normalized spacial score (nSPS) is 11.1. The Hall–Kier alpha value is -3.20. The number of methoxy groups -OCH3 is 1. The van der Waals surface area contributed by atoms with Gasteiger partial charge in [0, 0.05) is 4.88 Å². The quantitative estimate of drug-likeness (QED) is 0.452. The molecular weight excluding hydrogens is 392 g/mol. The Labute approximate surface area is 171 Å². The summed E-state index contributed by atoms with van der Waals surface area (Å²) in [6.45, 7) is 4.28. The van der Waals surface area contributed by atoms with Crippen LogP contribution in [0.5, 0.6) is 11.5 Å². The first kappa shape index (κ1) is 20.5. The van der Waals surface area contributed by atoms with Crippen molar-refractivity contribution in [3.8, 4) is 11.5 Å². The van der Waals surface area contributed by atoms with E-state index < -0.39 is 5.91 Å². The number of benzene rings is 1. The molecule has 1 amide bonds. The number of carbonyl (C=O) groups is 1. The summed E-state index contributed by atoms with van der Waals surface area (Å²) in [4.78, 5) is 30.7. The maximum Gasteiger partial charge on any atom is 0.262 e. The van der Waals surface area contributed by atoms with E-state index in [1.807, 2.05) is 19.9 Å². The maximum atomic E-state index is 12.5. The molecule has 1 N–H and O–H groups in total. The van der Waals surface area contributed by atoms with Gasteiger partial charge in [-0.05, 0) is 43.2 Å². The summed E-state index contributed by atoms with van der Waals surface area (Å²) in [6, 6.07) is 7.16. The molecule has 3 rings (SSSR count). The molecule has 0 atom stereocenters. The van der Waals surface area contributed by atoms with Crippen molar-refractivity contribution >= 4 is 33.7 Å². The van der Waals surface area contributed by atoms with Crippen molar-refractivity contribution in [2.24, 2.45) is 5.10 Å². The molecule has 0 fully saturated rings. The van der Waals surface area contributed by atoms with E-state index in [4.69, 9.17) is 9.47 Å². The molecule has 0 aliphatic carbocycles. The van der Waals surface area contributed by atoms with Crippen LogP contribution in [0, 0.1) is 0 Å². The first-order valence-corrected chi connectivity index (χ1v) is 9.98. The molecule has 2 heterocycles. The van der Waals surface area contributed by atoms with Crippen LogP contribution in [-0.2, 0) is 17.8 Å². The number of rotatable bonds is 8. The average molecular weight is 414 g/mol. The lowest BCUT2D eigenvalue weighted by Gasteiger charge is -2.09. The average Bonchev–Trinajstić information content (AvgIpc) is 3.15. The van der Waals surface area contributed by atoms with Crippen molar-refractivity contribution in [2.75, 3.05) is 13.7 Å². The van der Waals surface area contributed by atoms with Crippen LogP contribution in [0.2, 0.25) is 0 Å². The highest BCUT2D eigenvalue weighted by atomic mass is 32.1. The lowest BCUT2D eigenvalue weighted by Crippen LogP contribution is -2.29. The second-order valence-corrected chi connectivity index (χ2v) is 7.21. The molecule has 1 aromatic carbocycles. The third-order valence-electron chi connectivity index (χ3n) is 4.12. The molecule has 152 valence electrons. The predicted octanol–water partition coefficient (Wildman–Crippen LogP) is 2.58. The van der Waals surface area contributed by atoms with Crippen molar-refractivity contribution in [1.82, 2.24) is 15.0 Å². The summed E-state index contributed by atoms with van der Waals surface area (Å²) in [6.07, 6.45) is 3.72. The number of aryl methyl sites for hydroxylation is 1. The number of fused-ring (bicyclic) bond motifs is 1. The highest BCUT2D eigenvalue weighted by molar-refractivity contribution is 7.18.